The molecule has 2 heterocycles. The minimum atomic E-state index is -0.0762. The van der Waals surface area contributed by atoms with E-state index < -0.39 is 0 Å². The Balaban J connectivity index is 1.11. The lowest BCUT2D eigenvalue weighted by Gasteiger charge is -2.25. The molecule has 2 nitrogen and oxygen atoms in total. The van der Waals surface area contributed by atoms with Crippen molar-refractivity contribution in [1.29, 1.82) is 0 Å². The van der Waals surface area contributed by atoms with Crippen LogP contribution < -0.4 is 0 Å². The fourth-order valence-electron chi connectivity index (χ4n) is 9.45. The summed E-state index contributed by atoms with van der Waals surface area (Å²) in [7, 11) is 0. The number of benzene rings is 7. The molecule has 1 unspecified atom stereocenters. The summed E-state index contributed by atoms with van der Waals surface area (Å²) in [6.07, 6.45) is 0. The van der Waals surface area contributed by atoms with Gasteiger partial charge in [-0.2, -0.15) is 0 Å². The van der Waals surface area contributed by atoms with Crippen LogP contribution in [0, 0.1) is 0 Å². The minimum absolute atomic E-state index is 0.0271. The van der Waals surface area contributed by atoms with Crippen molar-refractivity contribution in [3.8, 4) is 33.4 Å². The Hall–Kier alpha value is -5.86. The number of aromatic nitrogens is 2. The van der Waals surface area contributed by atoms with Crippen LogP contribution in [-0.4, -0.2) is 9.13 Å². The van der Waals surface area contributed by atoms with Gasteiger partial charge in [0.25, 0.3) is 0 Å². The normalized spacial score (nSPS) is 14.4. The van der Waals surface area contributed by atoms with E-state index in [2.05, 4.69) is 202 Å². The lowest BCUT2D eigenvalue weighted by atomic mass is 9.88. The second-order valence-electron chi connectivity index (χ2n) is 16.9. The molecule has 0 aliphatic heterocycles. The molecule has 2 heteroatoms. The van der Waals surface area contributed by atoms with Gasteiger partial charge in [-0.1, -0.05) is 115 Å². The lowest BCUT2D eigenvalue weighted by Crippen LogP contribution is -2.21. The summed E-state index contributed by atoms with van der Waals surface area (Å²) in [5, 5.41) is 5.26. The second-order valence-corrected chi connectivity index (χ2v) is 16.9. The van der Waals surface area contributed by atoms with Crippen molar-refractivity contribution in [2.24, 2.45) is 0 Å². The fourth-order valence-corrected chi connectivity index (χ4v) is 9.45. The number of hydrogen-bond acceptors (Lipinski definition) is 0. The molecule has 0 bridgehead atoms. The van der Waals surface area contributed by atoms with Gasteiger partial charge >= 0.3 is 0 Å². The summed E-state index contributed by atoms with van der Waals surface area (Å²) >= 11 is 0. The van der Waals surface area contributed by atoms with Crippen LogP contribution >= 0.6 is 0 Å². The number of nitrogens with zero attached hydrogens (tertiary/aromatic N) is 2. The highest BCUT2D eigenvalue weighted by Crippen LogP contribution is 2.50. The van der Waals surface area contributed by atoms with E-state index in [0.717, 1.165) is 0 Å². The maximum atomic E-state index is 2.53. The highest BCUT2D eigenvalue weighted by molar-refractivity contribution is 6.13. The predicted octanol–water partition coefficient (Wildman–Crippen LogP) is 13.9. The first-order valence-corrected chi connectivity index (χ1v) is 19.0. The van der Waals surface area contributed by atoms with Crippen LogP contribution in [-0.2, 0) is 11.1 Å². The monoisotopic (exact) mass is 684 g/mol. The summed E-state index contributed by atoms with van der Waals surface area (Å²) in [6.45, 7) is 13.8. The molecule has 0 saturated carbocycles. The zero-order valence-electron chi connectivity index (χ0n) is 31.4. The average molecular weight is 685 g/mol. The Morgan fingerprint density at radius 1 is 0.377 bits per heavy atom. The van der Waals surface area contributed by atoms with Gasteiger partial charge in [-0.25, -0.2) is 0 Å². The SMILES string of the molecule is CC(C)(C)n1c2ccccc2c2cc(C3c4ccccc4-c4cc(-c5cccc(-c6cccc7c8ccccc8n(C(C)(C)C)c67)c5)ccc43)ccc21. The Kier molecular flexibility index (Phi) is 6.80. The summed E-state index contributed by atoms with van der Waals surface area (Å²) in [6, 6.07) is 57.0. The van der Waals surface area contributed by atoms with E-state index in [1.165, 1.54) is 93.7 Å². The molecule has 0 amide bonds. The zero-order valence-corrected chi connectivity index (χ0v) is 31.4. The maximum absolute atomic E-state index is 2.53. The molecule has 0 radical (unpaired) electrons. The molecule has 1 aliphatic rings. The molecular weight excluding hydrogens is 641 g/mol. The highest BCUT2D eigenvalue weighted by atomic mass is 15.1. The maximum Gasteiger partial charge on any atom is 0.0576 e. The minimum Gasteiger partial charge on any atom is -0.335 e. The smallest absolute Gasteiger partial charge is 0.0576 e. The zero-order chi connectivity index (χ0) is 36.2. The van der Waals surface area contributed by atoms with Crippen LogP contribution in [0.3, 0.4) is 0 Å². The molecule has 0 fully saturated rings. The van der Waals surface area contributed by atoms with Crippen LogP contribution in [0.15, 0.2) is 152 Å². The molecule has 10 rings (SSSR count). The number of para-hydroxylation sites is 3. The molecule has 1 atom stereocenters. The molecule has 0 N–H and O–H groups in total. The van der Waals surface area contributed by atoms with Crippen molar-refractivity contribution in [2.45, 2.75) is 58.5 Å². The molecule has 2 aromatic heterocycles. The third-order valence-corrected chi connectivity index (χ3v) is 11.5. The molecule has 0 spiro atoms. The van der Waals surface area contributed by atoms with Gasteiger partial charge in [-0.05, 0) is 122 Å². The standard InChI is InChI=1S/C51H44N2/c1-50(2,3)52-45-23-11-10-19-39(45)44-31-35(26-28-47(44)52)48-40-20-8-7-17-37(40)43-30-33(25-27-41(43)48)32-15-13-16-34(29-32)36-21-14-22-42-38-18-9-12-24-46(38)53(49(36)42)51(4,5)6/h7-31,48H,1-6H3. The first-order valence-electron chi connectivity index (χ1n) is 19.0. The van der Waals surface area contributed by atoms with Crippen molar-refractivity contribution in [2.75, 3.05) is 0 Å². The van der Waals surface area contributed by atoms with Gasteiger partial charge in [0.05, 0.1) is 5.52 Å². The van der Waals surface area contributed by atoms with Crippen LogP contribution in [0.5, 0.6) is 0 Å². The van der Waals surface area contributed by atoms with Gasteiger partial charge in [0.1, 0.15) is 0 Å². The lowest BCUT2D eigenvalue weighted by molar-refractivity contribution is 0.423. The summed E-state index contributed by atoms with van der Waals surface area (Å²) in [5.41, 5.74) is 16.8. The van der Waals surface area contributed by atoms with Crippen molar-refractivity contribution < 1.29 is 0 Å². The van der Waals surface area contributed by atoms with E-state index in [-0.39, 0.29) is 17.0 Å². The average Bonchev–Trinajstić information content (AvgIpc) is 3.80. The van der Waals surface area contributed by atoms with Crippen molar-refractivity contribution in [3.63, 3.8) is 0 Å². The van der Waals surface area contributed by atoms with Crippen molar-refractivity contribution >= 4 is 43.6 Å². The topological polar surface area (TPSA) is 9.86 Å². The molecule has 0 saturated heterocycles. The highest BCUT2D eigenvalue weighted by Gasteiger charge is 2.31. The van der Waals surface area contributed by atoms with Crippen LogP contribution in [0.4, 0.5) is 0 Å². The Morgan fingerprint density at radius 3 is 1.72 bits per heavy atom. The molecule has 53 heavy (non-hydrogen) atoms. The molecule has 1 aliphatic carbocycles. The third-order valence-electron chi connectivity index (χ3n) is 11.5. The molecule has 258 valence electrons. The Bertz CT molecular complexity index is 2920. The van der Waals surface area contributed by atoms with Gasteiger partial charge < -0.3 is 9.13 Å². The van der Waals surface area contributed by atoms with E-state index in [4.69, 9.17) is 0 Å². The molecule has 9 aromatic rings. The van der Waals surface area contributed by atoms with Crippen LogP contribution in [0.2, 0.25) is 0 Å². The van der Waals surface area contributed by atoms with Gasteiger partial charge in [0.15, 0.2) is 0 Å². The first kappa shape index (κ1) is 31.8. The van der Waals surface area contributed by atoms with Crippen molar-refractivity contribution in [3.05, 3.63) is 168 Å². The Morgan fingerprint density at radius 2 is 0.943 bits per heavy atom. The van der Waals surface area contributed by atoms with Gasteiger partial charge in [0, 0.05) is 60.7 Å². The van der Waals surface area contributed by atoms with E-state index in [9.17, 15) is 0 Å². The first-order chi connectivity index (χ1) is 25.6. The number of fused-ring (bicyclic) bond motifs is 9. The third kappa shape index (κ3) is 4.78. The fraction of sp³-hybridized carbons (Fsp3) is 0.176. The molecule has 7 aromatic carbocycles. The van der Waals surface area contributed by atoms with Crippen LogP contribution in [0.25, 0.3) is 77.0 Å². The quantitative estimate of drug-likeness (QED) is 0.175. The van der Waals surface area contributed by atoms with E-state index >= 15 is 0 Å². The van der Waals surface area contributed by atoms with Gasteiger partial charge in [-0.3, -0.25) is 0 Å². The van der Waals surface area contributed by atoms with Gasteiger partial charge in [-0.15, -0.1) is 0 Å². The summed E-state index contributed by atoms with van der Waals surface area (Å²) in [4.78, 5) is 0. The van der Waals surface area contributed by atoms with Crippen molar-refractivity contribution in [1.82, 2.24) is 9.13 Å². The van der Waals surface area contributed by atoms with Crippen LogP contribution in [0.1, 0.15) is 64.2 Å². The largest absolute Gasteiger partial charge is 0.335 e. The summed E-state index contributed by atoms with van der Waals surface area (Å²) in [5.74, 6) is 0.180. The number of rotatable bonds is 3. The Labute approximate surface area is 312 Å². The van der Waals surface area contributed by atoms with E-state index in [0.29, 0.717) is 0 Å². The second kappa shape index (κ2) is 11.3. The van der Waals surface area contributed by atoms with E-state index in [1.807, 2.05) is 0 Å². The van der Waals surface area contributed by atoms with Gasteiger partial charge in [0.2, 0.25) is 0 Å². The summed E-state index contributed by atoms with van der Waals surface area (Å²) < 4.78 is 5.03. The number of hydrogen-bond donors (Lipinski definition) is 0. The molecular formula is C51H44N2. The van der Waals surface area contributed by atoms with E-state index in [1.54, 1.807) is 0 Å². The predicted molar refractivity (Wildman–Crippen MR) is 226 cm³/mol.